The summed E-state index contributed by atoms with van der Waals surface area (Å²) in [6, 6.07) is 13.9. The van der Waals surface area contributed by atoms with Crippen LogP contribution in [0, 0.1) is 4.91 Å². The SMILES string of the molecule is CC(C)OC(=O)Cc1ccc2c(c1)/C(=C\CCN(C)N=O)c1ccccc1CO2. The first kappa shape index (κ1) is 20.6. The molecule has 0 radical (unpaired) electrons. The molecule has 0 saturated heterocycles. The maximum absolute atomic E-state index is 12.1. The lowest BCUT2D eigenvalue weighted by Crippen LogP contribution is -2.13. The van der Waals surface area contributed by atoms with Crippen molar-refractivity contribution in [1.29, 1.82) is 0 Å². The molecule has 3 rings (SSSR count). The summed E-state index contributed by atoms with van der Waals surface area (Å²) in [6.45, 7) is 4.67. The van der Waals surface area contributed by atoms with Crippen molar-refractivity contribution < 1.29 is 14.3 Å². The summed E-state index contributed by atoms with van der Waals surface area (Å²) in [5, 5.41) is 4.30. The predicted octanol–water partition coefficient (Wildman–Crippen LogP) is 4.51. The summed E-state index contributed by atoms with van der Waals surface area (Å²) < 4.78 is 11.3. The molecule has 0 saturated carbocycles. The molecule has 6 nitrogen and oxygen atoms in total. The standard InChI is InChI=1S/C23H26N2O4/c1-16(2)29-23(26)14-17-10-11-22-21(13-17)20(9-6-12-25(3)24-27)19-8-5-4-7-18(19)15-28-22/h4-5,7-11,13,16H,6,12,14-15H2,1-3H3/b20-9-. The number of benzene rings is 2. The molecule has 1 aliphatic rings. The largest absolute Gasteiger partial charge is 0.488 e. The van der Waals surface area contributed by atoms with Gasteiger partial charge in [0.25, 0.3) is 0 Å². The molecule has 152 valence electrons. The first-order valence-corrected chi connectivity index (χ1v) is 9.76. The molecule has 0 N–H and O–H groups in total. The second-order valence-corrected chi connectivity index (χ2v) is 7.36. The molecular weight excluding hydrogens is 368 g/mol. The van der Waals surface area contributed by atoms with Crippen molar-refractivity contribution in [2.45, 2.75) is 39.4 Å². The fourth-order valence-corrected chi connectivity index (χ4v) is 3.36. The van der Waals surface area contributed by atoms with Gasteiger partial charge in [-0.15, -0.1) is 4.91 Å². The normalized spacial score (nSPS) is 13.9. The lowest BCUT2D eigenvalue weighted by Gasteiger charge is -2.14. The van der Waals surface area contributed by atoms with Gasteiger partial charge in [0.15, 0.2) is 0 Å². The molecule has 0 spiro atoms. The Hall–Kier alpha value is -3.15. The van der Waals surface area contributed by atoms with Gasteiger partial charge < -0.3 is 9.47 Å². The molecule has 1 heterocycles. The summed E-state index contributed by atoms with van der Waals surface area (Å²) >= 11 is 0. The van der Waals surface area contributed by atoms with Crippen LogP contribution in [0.15, 0.2) is 53.8 Å². The molecule has 0 fully saturated rings. The number of esters is 1. The van der Waals surface area contributed by atoms with Gasteiger partial charge in [-0.1, -0.05) is 36.4 Å². The van der Waals surface area contributed by atoms with E-state index < -0.39 is 0 Å². The van der Waals surface area contributed by atoms with Crippen LogP contribution in [0.1, 0.15) is 42.5 Å². The minimum Gasteiger partial charge on any atom is -0.488 e. The van der Waals surface area contributed by atoms with Crippen molar-refractivity contribution in [3.05, 3.63) is 75.7 Å². The van der Waals surface area contributed by atoms with Gasteiger partial charge in [-0.25, -0.2) is 0 Å². The monoisotopic (exact) mass is 394 g/mol. The number of carbonyl (C=O) groups is 1. The minimum absolute atomic E-state index is 0.141. The highest BCUT2D eigenvalue weighted by Gasteiger charge is 2.20. The third-order valence-corrected chi connectivity index (χ3v) is 4.68. The number of carbonyl (C=O) groups excluding carboxylic acids is 1. The second kappa shape index (κ2) is 9.37. The van der Waals surface area contributed by atoms with Crippen molar-refractivity contribution in [3.63, 3.8) is 0 Å². The Morgan fingerprint density at radius 2 is 2.03 bits per heavy atom. The third-order valence-electron chi connectivity index (χ3n) is 4.68. The van der Waals surface area contributed by atoms with Crippen molar-refractivity contribution in [2.75, 3.05) is 13.6 Å². The Kier molecular flexibility index (Phi) is 6.65. The summed E-state index contributed by atoms with van der Waals surface area (Å²) in [7, 11) is 1.65. The van der Waals surface area contributed by atoms with Crippen LogP contribution in [-0.2, 0) is 22.6 Å². The summed E-state index contributed by atoms with van der Waals surface area (Å²) in [6.07, 6.45) is 2.82. The van der Waals surface area contributed by atoms with Gasteiger partial charge in [-0.05, 0) is 54.7 Å². The van der Waals surface area contributed by atoms with E-state index >= 15 is 0 Å². The van der Waals surface area contributed by atoms with Gasteiger partial charge in [0.2, 0.25) is 0 Å². The minimum atomic E-state index is -0.251. The zero-order valence-corrected chi connectivity index (χ0v) is 17.1. The molecule has 6 heteroatoms. The molecule has 29 heavy (non-hydrogen) atoms. The molecule has 0 unspecified atom stereocenters. The zero-order chi connectivity index (χ0) is 20.8. The van der Waals surface area contributed by atoms with Gasteiger partial charge in [-0.2, -0.15) is 0 Å². The van der Waals surface area contributed by atoms with E-state index in [0.717, 1.165) is 33.6 Å². The maximum atomic E-state index is 12.1. The van der Waals surface area contributed by atoms with Crippen LogP contribution in [0.25, 0.3) is 5.57 Å². The lowest BCUT2D eigenvalue weighted by molar-refractivity contribution is -0.146. The first-order valence-electron chi connectivity index (χ1n) is 9.76. The molecule has 0 aromatic heterocycles. The second-order valence-electron chi connectivity index (χ2n) is 7.36. The lowest BCUT2D eigenvalue weighted by atomic mass is 9.92. The molecule has 1 aliphatic heterocycles. The summed E-state index contributed by atoms with van der Waals surface area (Å²) in [5.41, 5.74) is 5.03. The van der Waals surface area contributed by atoms with E-state index in [1.165, 1.54) is 5.01 Å². The number of nitrogens with zero attached hydrogens (tertiary/aromatic N) is 2. The molecule has 0 aliphatic carbocycles. The maximum Gasteiger partial charge on any atom is 0.310 e. The van der Waals surface area contributed by atoms with E-state index in [-0.39, 0.29) is 18.5 Å². The molecule has 0 bridgehead atoms. The Bertz CT molecular complexity index is 921. The quantitative estimate of drug-likeness (QED) is 0.393. The number of nitroso groups, excluding NO2 is 1. The average molecular weight is 394 g/mol. The fraction of sp³-hybridized carbons (Fsp3) is 0.348. The first-order chi connectivity index (χ1) is 14.0. The van der Waals surface area contributed by atoms with Crippen LogP contribution in [0.3, 0.4) is 0 Å². The predicted molar refractivity (Wildman–Crippen MR) is 112 cm³/mol. The van der Waals surface area contributed by atoms with E-state index in [9.17, 15) is 9.70 Å². The molecule has 0 atom stereocenters. The van der Waals surface area contributed by atoms with Crippen LogP contribution in [0.2, 0.25) is 0 Å². The van der Waals surface area contributed by atoms with E-state index in [1.54, 1.807) is 7.05 Å². The van der Waals surface area contributed by atoms with Crippen LogP contribution >= 0.6 is 0 Å². The number of ether oxygens (including phenoxy) is 2. The van der Waals surface area contributed by atoms with Crippen LogP contribution in [-0.4, -0.2) is 30.7 Å². The third kappa shape index (κ3) is 5.22. The van der Waals surface area contributed by atoms with Crippen LogP contribution < -0.4 is 4.74 Å². The molecule has 2 aromatic rings. The molecule has 0 amide bonds. The number of hydrogen-bond donors (Lipinski definition) is 0. The number of rotatable bonds is 7. The Labute approximate surface area is 171 Å². The van der Waals surface area contributed by atoms with Crippen molar-refractivity contribution in [3.8, 4) is 5.75 Å². The van der Waals surface area contributed by atoms with E-state index in [2.05, 4.69) is 23.5 Å². The van der Waals surface area contributed by atoms with Gasteiger partial charge in [0.1, 0.15) is 12.4 Å². The average Bonchev–Trinajstić information content (AvgIpc) is 2.84. The zero-order valence-electron chi connectivity index (χ0n) is 17.1. The smallest absolute Gasteiger partial charge is 0.310 e. The van der Waals surface area contributed by atoms with E-state index in [1.807, 2.05) is 44.2 Å². The molecule has 2 aromatic carbocycles. The highest BCUT2D eigenvalue weighted by atomic mass is 16.5. The van der Waals surface area contributed by atoms with Crippen molar-refractivity contribution in [2.24, 2.45) is 5.29 Å². The van der Waals surface area contributed by atoms with Gasteiger partial charge in [0, 0.05) is 19.2 Å². The summed E-state index contributed by atoms with van der Waals surface area (Å²) in [5.74, 6) is 0.523. The van der Waals surface area contributed by atoms with Gasteiger partial charge in [0.05, 0.1) is 17.8 Å². The van der Waals surface area contributed by atoms with E-state index in [0.29, 0.717) is 19.6 Å². The van der Waals surface area contributed by atoms with Gasteiger partial charge >= 0.3 is 5.97 Å². The fourth-order valence-electron chi connectivity index (χ4n) is 3.36. The molecular formula is C23H26N2O4. The van der Waals surface area contributed by atoms with E-state index in [4.69, 9.17) is 9.47 Å². The highest BCUT2D eigenvalue weighted by Crippen LogP contribution is 2.37. The number of fused-ring (bicyclic) bond motifs is 2. The highest BCUT2D eigenvalue weighted by molar-refractivity contribution is 5.85. The topological polar surface area (TPSA) is 68.2 Å². The van der Waals surface area contributed by atoms with Crippen molar-refractivity contribution in [1.82, 2.24) is 5.01 Å². The Morgan fingerprint density at radius 3 is 2.79 bits per heavy atom. The number of hydrogen-bond acceptors (Lipinski definition) is 5. The van der Waals surface area contributed by atoms with Gasteiger partial charge in [-0.3, -0.25) is 9.80 Å². The van der Waals surface area contributed by atoms with Crippen molar-refractivity contribution >= 4 is 11.5 Å². The van der Waals surface area contributed by atoms with Crippen LogP contribution in [0.4, 0.5) is 0 Å². The van der Waals surface area contributed by atoms with Crippen LogP contribution in [0.5, 0.6) is 5.75 Å². The Morgan fingerprint density at radius 1 is 1.24 bits per heavy atom. The summed E-state index contributed by atoms with van der Waals surface area (Å²) in [4.78, 5) is 22.8. The Balaban J connectivity index is 1.97.